The van der Waals surface area contributed by atoms with E-state index in [1.54, 1.807) is 0 Å². The Morgan fingerprint density at radius 2 is 1.71 bits per heavy atom. The van der Waals surface area contributed by atoms with Gasteiger partial charge in [-0.3, -0.25) is 0 Å². The van der Waals surface area contributed by atoms with Gasteiger partial charge in [-0.05, 0) is 24.2 Å². The van der Waals surface area contributed by atoms with Crippen LogP contribution in [0.25, 0.3) is 0 Å². The van der Waals surface area contributed by atoms with Gasteiger partial charge in [-0.25, -0.2) is 0 Å². The smallest absolute Gasteiger partial charge is 0.00221 e. The molecule has 1 fully saturated rings. The third-order valence-electron chi connectivity index (χ3n) is 3.05. The monoisotopic (exact) mass is 197 g/mol. The standard InChI is InChI=1S/C13H27N/c1-11(2)6-5-7-13-9-14(10-13)8-12(3)4/h11-13H,5-10H2,1-4H3. The molecule has 0 aromatic carbocycles. The van der Waals surface area contributed by atoms with Crippen LogP contribution in [0.5, 0.6) is 0 Å². The first kappa shape index (κ1) is 12.0. The first-order valence-corrected chi connectivity index (χ1v) is 6.30. The predicted octanol–water partition coefficient (Wildman–Crippen LogP) is 3.40. The number of likely N-dealkylation sites (tertiary alicyclic amines) is 1. The van der Waals surface area contributed by atoms with Gasteiger partial charge in [0.05, 0.1) is 0 Å². The Labute approximate surface area is 89.9 Å². The largest absolute Gasteiger partial charge is 0.302 e. The summed E-state index contributed by atoms with van der Waals surface area (Å²) in [7, 11) is 0. The maximum Gasteiger partial charge on any atom is 0.00221 e. The van der Waals surface area contributed by atoms with Gasteiger partial charge in [-0.2, -0.15) is 0 Å². The molecule has 1 saturated heterocycles. The van der Waals surface area contributed by atoms with Crippen LogP contribution < -0.4 is 0 Å². The average molecular weight is 197 g/mol. The second kappa shape index (κ2) is 5.75. The Morgan fingerprint density at radius 1 is 1.07 bits per heavy atom. The fourth-order valence-electron chi connectivity index (χ4n) is 2.34. The van der Waals surface area contributed by atoms with Gasteiger partial charge in [-0.15, -0.1) is 0 Å². The fourth-order valence-corrected chi connectivity index (χ4v) is 2.34. The zero-order valence-electron chi connectivity index (χ0n) is 10.4. The average Bonchev–Trinajstić information content (AvgIpc) is 1.98. The van der Waals surface area contributed by atoms with Gasteiger partial charge in [0.15, 0.2) is 0 Å². The fraction of sp³-hybridized carbons (Fsp3) is 1.00. The molecule has 1 aliphatic heterocycles. The summed E-state index contributed by atoms with van der Waals surface area (Å²) in [5, 5.41) is 0. The van der Waals surface area contributed by atoms with Crippen molar-refractivity contribution < 1.29 is 0 Å². The van der Waals surface area contributed by atoms with Crippen LogP contribution in [0.15, 0.2) is 0 Å². The minimum Gasteiger partial charge on any atom is -0.302 e. The quantitative estimate of drug-likeness (QED) is 0.631. The number of hydrogen-bond donors (Lipinski definition) is 0. The lowest BCUT2D eigenvalue weighted by Crippen LogP contribution is -2.47. The predicted molar refractivity (Wildman–Crippen MR) is 63.5 cm³/mol. The van der Waals surface area contributed by atoms with Gasteiger partial charge < -0.3 is 4.90 Å². The van der Waals surface area contributed by atoms with E-state index in [9.17, 15) is 0 Å². The van der Waals surface area contributed by atoms with Crippen molar-refractivity contribution in [1.29, 1.82) is 0 Å². The zero-order chi connectivity index (χ0) is 10.6. The van der Waals surface area contributed by atoms with Crippen molar-refractivity contribution in [3.8, 4) is 0 Å². The van der Waals surface area contributed by atoms with E-state index in [0.29, 0.717) is 0 Å². The first-order chi connectivity index (χ1) is 6.58. The normalized spacial score (nSPS) is 19.3. The van der Waals surface area contributed by atoms with E-state index in [1.165, 1.54) is 38.9 Å². The molecule has 0 amide bonds. The number of nitrogens with zero attached hydrogens (tertiary/aromatic N) is 1. The SMILES string of the molecule is CC(C)CCCC1CN(CC(C)C)C1. The maximum atomic E-state index is 2.60. The summed E-state index contributed by atoms with van der Waals surface area (Å²) in [5.74, 6) is 2.75. The van der Waals surface area contributed by atoms with E-state index >= 15 is 0 Å². The molecular formula is C13H27N. The Bertz CT molecular complexity index is 143. The third-order valence-corrected chi connectivity index (χ3v) is 3.05. The highest BCUT2D eigenvalue weighted by Gasteiger charge is 2.25. The molecule has 0 aromatic rings. The van der Waals surface area contributed by atoms with Crippen molar-refractivity contribution in [2.75, 3.05) is 19.6 Å². The Kier molecular flexibility index (Phi) is 4.94. The van der Waals surface area contributed by atoms with Crippen LogP contribution in [0.4, 0.5) is 0 Å². The van der Waals surface area contributed by atoms with Crippen LogP contribution in [0.3, 0.4) is 0 Å². The number of rotatable bonds is 6. The molecule has 0 saturated carbocycles. The molecular weight excluding hydrogens is 170 g/mol. The minimum absolute atomic E-state index is 0.839. The van der Waals surface area contributed by atoms with E-state index in [2.05, 4.69) is 32.6 Å². The summed E-state index contributed by atoms with van der Waals surface area (Å²) in [4.78, 5) is 2.60. The van der Waals surface area contributed by atoms with Gasteiger partial charge in [-0.1, -0.05) is 40.5 Å². The summed E-state index contributed by atoms with van der Waals surface area (Å²) < 4.78 is 0. The molecule has 14 heavy (non-hydrogen) atoms. The van der Waals surface area contributed by atoms with Crippen LogP contribution in [0.2, 0.25) is 0 Å². The van der Waals surface area contributed by atoms with Crippen molar-refractivity contribution in [3.63, 3.8) is 0 Å². The van der Waals surface area contributed by atoms with Gasteiger partial charge in [0.1, 0.15) is 0 Å². The van der Waals surface area contributed by atoms with E-state index in [-0.39, 0.29) is 0 Å². The lowest BCUT2D eigenvalue weighted by molar-refractivity contribution is 0.0793. The Balaban J connectivity index is 1.94. The van der Waals surface area contributed by atoms with Crippen molar-refractivity contribution in [1.82, 2.24) is 4.90 Å². The highest BCUT2D eigenvalue weighted by atomic mass is 15.2. The zero-order valence-corrected chi connectivity index (χ0v) is 10.4. The molecule has 0 N–H and O–H groups in total. The number of hydrogen-bond acceptors (Lipinski definition) is 1. The van der Waals surface area contributed by atoms with Gasteiger partial charge in [0, 0.05) is 19.6 Å². The van der Waals surface area contributed by atoms with Crippen LogP contribution in [0, 0.1) is 17.8 Å². The Morgan fingerprint density at radius 3 is 2.21 bits per heavy atom. The minimum atomic E-state index is 0.839. The molecule has 0 radical (unpaired) electrons. The first-order valence-electron chi connectivity index (χ1n) is 6.30. The highest BCUT2D eigenvalue weighted by Crippen LogP contribution is 2.23. The topological polar surface area (TPSA) is 3.24 Å². The molecule has 84 valence electrons. The second-order valence-electron chi connectivity index (χ2n) is 5.80. The molecule has 0 unspecified atom stereocenters. The van der Waals surface area contributed by atoms with Gasteiger partial charge in [0.2, 0.25) is 0 Å². The lowest BCUT2D eigenvalue weighted by atomic mass is 9.91. The van der Waals surface area contributed by atoms with E-state index in [4.69, 9.17) is 0 Å². The van der Waals surface area contributed by atoms with E-state index in [1.807, 2.05) is 0 Å². The molecule has 0 aliphatic carbocycles. The summed E-state index contributed by atoms with van der Waals surface area (Å²) in [6.45, 7) is 13.3. The lowest BCUT2D eigenvalue weighted by Gasteiger charge is -2.40. The summed E-state index contributed by atoms with van der Waals surface area (Å²) in [6, 6.07) is 0. The van der Waals surface area contributed by atoms with E-state index < -0.39 is 0 Å². The van der Waals surface area contributed by atoms with Crippen LogP contribution in [-0.2, 0) is 0 Å². The highest BCUT2D eigenvalue weighted by molar-refractivity contribution is 4.80. The van der Waals surface area contributed by atoms with Crippen LogP contribution in [-0.4, -0.2) is 24.5 Å². The molecule has 0 atom stereocenters. The Hall–Kier alpha value is -0.0400. The molecule has 1 nitrogen and oxygen atoms in total. The molecule has 0 bridgehead atoms. The molecule has 1 heteroatoms. The second-order valence-corrected chi connectivity index (χ2v) is 5.80. The molecule has 0 aromatic heterocycles. The molecule has 0 spiro atoms. The van der Waals surface area contributed by atoms with Crippen molar-refractivity contribution >= 4 is 0 Å². The third kappa shape index (κ3) is 4.45. The maximum absolute atomic E-state index is 2.60. The molecule has 1 rings (SSSR count). The van der Waals surface area contributed by atoms with Crippen molar-refractivity contribution in [2.45, 2.75) is 47.0 Å². The summed E-state index contributed by atoms with van der Waals surface area (Å²) in [5.41, 5.74) is 0. The molecule has 1 aliphatic rings. The van der Waals surface area contributed by atoms with Crippen LogP contribution >= 0.6 is 0 Å². The van der Waals surface area contributed by atoms with Crippen LogP contribution in [0.1, 0.15) is 47.0 Å². The van der Waals surface area contributed by atoms with Crippen molar-refractivity contribution in [3.05, 3.63) is 0 Å². The van der Waals surface area contributed by atoms with Gasteiger partial charge >= 0.3 is 0 Å². The molecule has 1 heterocycles. The van der Waals surface area contributed by atoms with Gasteiger partial charge in [0.25, 0.3) is 0 Å². The summed E-state index contributed by atoms with van der Waals surface area (Å²) in [6.07, 6.45) is 4.32. The summed E-state index contributed by atoms with van der Waals surface area (Å²) >= 11 is 0. The van der Waals surface area contributed by atoms with Crippen molar-refractivity contribution in [2.24, 2.45) is 17.8 Å². The van der Waals surface area contributed by atoms with E-state index in [0.717, 1.165) is 17.8 Å².